The zero-order valence-corrected chi connectivity index (χ0v) is 29.6. The maximum atomic E-state index is 2.55. The van der Waals surface area contributed by atoms with Crippen LogP contribution in [0.15, 0.2) is 127 Å². The van der Waals surface area contributed by atoms with Gasteiger partial charge in [-0.05, 0) is 129 Å². The van der Waals surface area contributed by atoms with Crippen molar-refractivity contribution in [2.75, 3.05) is 4.90 Å². The summed E-state index contributed by atoms with van der Waals surface area (Å²) in [6.45, 7) is 11.8. The van der Waals surface area contributed by atoms with Crippen LogP contribution in [0.2, 0.25) is 0 Å². The van der Waals surface area contributed by atoms with Crippen LogP contribution in [0, 0.1) is 11.8 Å². The van der Waals surface area contributed by atoms with Crippen molar-refractivity contribution in [1.29, 1.82) is 0 Å². The summed E-state index contributed by atoms with van der Waals surface area (Å²) in [6, 6.07) is 48.6. The minimum Gasteiger partial charge on any atom is -0.310 e. The van der Waals surface area contributed by atoms with Gasteiger partial charge in [-0.25, -0.2) is 0 Å². The molecule has 0 radical (unpaired) electrons. The lowest BCUT2D eigenvalue weighted by atomic mass is 9.81. The molecule has 2 saturated carbocycles. The third kappa shape index (κ3) is 4.96. The summed E-state index contributed by atoms with van der Waals surface area (Å²) in [5.41, 5.74) is 14.5. The number of fused-ring (bicyclic) bond motifs is 6. The lowest BCUT2D eigenvalue weighted by Crippen LogP contribution is -2.17. The second-order valence-corrected chi connectivity index (χ2v) is 16.6. The van der Waals surface area contributed by atoms with Crippen molar-refractivity contribution in [2.24, 2.45) is 11.8 Å². The van der Waals surface area contributed by atoms with E-state index in [-0.39, 0.29) is 10.8 Å². The first-order chi connectivity index (χ1) is 23.7. The van der Waals surface area contributed by atoms with Crippen LogP contribution in [0.4, 0.5) is 17.1 Å². The summed E-state index contributed by atoms with van der Waals surface area (Å²) in [6.07, 6.45) is 5.64. The fraction of sp³-hybridized carbons (Fsp3) is 0.292. The molecule has 3 aliphatic carbocycles. The van der Waals surface area contributed by atoms with E-state index in [0.29, 0.717) is 0 Å². The van der Waals surface area contributed by atoms with Gasteiger partial charge in [-0.3, -0.25) is 0 Å². The van der Waals surface area contributed by atoms with Crippen molar-refractivity contribution >= 4 is 27.8 Å². The van der Waals surface area contributed by atoms with Gasteiger partial charge in [-0.1, -0.05) is 132 Å². The molecule has 244 valence electrons. The average Bonchev–Trinajstić information content (AvgIpc) is 3.81. The van der Waals surface area contributed by atoms with E-state index in [1.54, 1.807) is 0 Å². The summed E-state index contributed by atoms with van der Waals surface area (Å²) >= 11 is 0. The number of nitrogens with zero attached hydrogens (tertiary/aromatic N) is 1. The first-order valence-corrected chi connectivity index (χ1v) is 18.4. The van der Waals surface area contributed by atoms with Gasteiger partial charge in [-0.2, -0.15) is 0 Å². The number of anilines is 3. The lowest BCUT2D eigenvalue weighted by Gasteiger charge is -2.32. The molecule has 3 aliphatic rings. The van der Waals surface area contributed by atoms with Gasteiger partial charge in [0.15, 0.2) is 0 Å². The van der Waals surface area contributed by atoms with Gasteiger partial charge in [0.2, 0.25) is 0 Å². The van der Waals surface area contributed by atoms with E-state index in [1.807, 2.05) is 0 Å². The Morgan fingerprint density at radius 2 is 1.22 bits per heavy atom. The Hall–Kier alpha value is -4.62. The summed E-state index contributed by atoms with van der Waals surface area (Å²) in [7, 11) is 0. The van der Waals surface area contributed by atoms with Gasteiger partial charge < -0.3 is 4.90 Å². The molecule has 0 heterocycles. The topological polar surface area (TPSA) is 3.24 Å². The predicted molar refractivity (Wildman–Crippen MR) is 209 cm³/mol. The molecule has 1 nitrogen and oxygen atoms in total. The van der Waals surface area contributed by atoms with E-state index in [1.165, 1.54) is 98.0 Å². The van der Waals surface area contributed by atoms with Crippen molar-refractivity contribution in [1.82, 2.24) is 0 Å². The Kier molecular flexibility index (Phi) is 6.96. The molecule has 2 bridgehead atoms. The molecular formula is C48H47N. The molecule has 0 aromatic heterocycles. The molecule has 0 amide bonds. The van der Waals surface area contributed by atoms with Crippen molar-refractivity contribution < 1.29 is 0 Å². The van der Waals surface area contributed by atoms with Gasteiger partial charge >= 0.3 is 0 Å². The molecular weight excluding hydrogens is 591 g/mol. The number of hydrogen-bond donors (Lipinski definition) is 0. The zero-order chi connectivity index (χ0) is 33.5. The van der Waals surface area contributed by atoms with Crippen LogP contribution in [0.5, 0.6) is 0 Å². The second kappa shape index (κ2) is 11.2. The fourth-order valence-corrected chi connectivity index (χ4v) is 9.78. The van der Waals surface area contributed by atoms with Crippen molar-refractivity contribution in [3.8, 4) is 22.3 Å². The highest BCUT2D eigenvalue weighted by atomic mass is 15.1. The molecule has 49 heavy (non-hydrogen) atoms. The lowest BCUT2D eigenvalue weighted by molar-refractivity contribution is 0.420. The average molecular weight is 638 g/mol. The number of hydrogen-bond acceptors (Lipinski definition) is 1. The van der Waals surface area contributed by atoms with E-state index < -0.39 is 0 Å². The van der Waals surface area contributed by atoms with Gasteiger partial charge in [-0.15, -0.1) is 0 Å². The monoisotopic (exact) mass is 637 g/mol. The maximum absolute atomic E-state index is 2.55. The molecule has 6 aromatic carbocycles. The van der Waals surface area contributed by atoms with Crippen LogP contribution >= 0.6 is 0 Å². The van der Waals surface area contributed by atoms with E-state index >= 15 is 0 Å². The van der Waals surface area contributed by atoms with Crippen LogP contribution in [-0.2, 0) is 10.8 Å². The summed E-state index contributed by atoms with van der Waals surface area (Å²) < 4.78 is 0. The largest absolute Gasteiger partial charge is 0.310 e. The smallest absolute Gasteiger partial charge is 0.0546 e. The molecule has 2 fully saturated rings. The standard InChI is InChI=1S/C48H47N/c1-47(2,3)43-16-10-8-15-39(43)42-28-33-12-6-7-13-34(33)29-46(42)49(36-22-20-32(21-23-36)41-27-31-18-19-35(41)26-31)37-24-25-40-38-14-9-11-17-44(38)48(4,5)45(40)30-37/h6-17,20-25,28-31,35,41H,18-19,26-27H2,1-5H3. The Balaban J connectivity index is 1.27. The highest BCUT2D eigenvalue weighted by Crippen LogP contribution is 2.54. The third-order valence-corrected chi connectivity index (χ3v) is 12.3. The fourth-order valence-electron chi connectivity index (χ4n) is 9.78. The Morgan fingerprint density at radius 3 is 1.94 bits per heavy atom. The van der Waals surface area contributed by atoms with Crippen molar-refractivity contribution in [3.63, 3.8) is 0 Å². The third-order valence-electron chi connectivity index (χ3n) is 12.3. The summed E-state index contributed by atoms with van der Waals surface area (Å²) in [5.74, 6) is 2.53. The molecule has 1 heteroatoms. The van der Waals surface area contributed by atoms with E-state index in [2.05, 4.69) is 167 Å². The Labute approximate surface area is 292 Å². The van der Waals surface area contributed by atoms with Crippen molar-refractivity contribution in [3.05, 3.63) is 150 Å². The maximum Gasteiger partial charge on any atom is 0.0546 e. The molecule has 9 rings (SSSR count). The summed E-state index contributed by atoms with van der Waals surface area (Å²) in [5, 5.41) is 2.52. The van der Waals surface area contributed by atoms with Crippen LogP contribution in [0.1, 0.15) is 88.5 Å². The second-order valence-electron chi connectivity index (χ2n) is 16.6. The Morgan fingerprint density at radius 1 is 0.571 bits per heavy atom. The van der Waals surface area contributed by atoms with Gasteiger partial charge in [0, 0.05) is 22.4 Å². The summed E-state index contributed by atoms with van der Waals surface area (Å²) in [4.78, 5) is 2.55. The molecule has 0 saturated heterocycles. The van der Waals surface area contributed by atoms with E-state index in [9.17, 15) is 0 Å². The molecule has 3 atom stereocenters. The molecule has 3 unspecified atom stereocenters. The minimum absolute atomic E-state index is 0.00395. The van der Waals surface area contributed by atoms with Crippen LogP contribution in [-0.4, -0.2) is 0 Å². The predicted octanol–water partition coefficient (Wildman–Crippen LogP) is 13.5. The molecule has 0 N–H and O–H groups in total. The number of benzene rings is 6. The first-order valence-electron chi connectivity index (χ1n) is 18.4. The minimum atomic E-state index is -0.0791. The van der Waals surface area contributed by atoms with Crippen molar-refractivity contribution in [2.45, 2.75) is 77.0 Å². The van der Waals surface area contributed by atoms with E-state index in [0.717, 1.165) is 17.8 Å². The first kappa shape index (κ1) is 30.4. The Bertz CT molecular complexity index is 2210. The molecule has 6 aromatic rings. The number of rotatable bonds is 5. The van der Waals surface area contributed by atoms with Gasteiger partial charge in [0.25, 0.3) is 0 Å². The van der Waals surface area contributed by atoms with Crippen LogP contribution in [0.25, 0.3) is 33.0 Å². The highest BCUT2D eigenvalue weighted by Gasteiger charge is 2.40. The normalized spacial score (nSPS) is 20.4. The van der Waals surface area contributed by atoms with E-state index in [4.69, 9.17) is 0 Å². The van der Waals surface area contributed by atoms with Gasteiger partial charge in [0.1, 0.15) is 0 Å². The quantitative estimate of drug-likeness (QED) is 0.182. The highest BCUT2D eigenvalue weighted by molar-refractivity contribution is 5.99. The van der Waals surface area contributed by atoms with Crippen LogP contribution in [0.3, 0.4) is 0 Å². The zero-order valence-electron chi connectivity index (χ0n) is 29.6. The molecule has 0 aliphatic heterocycles. The molecule has 0 spiro atoms. The SMILES string of the molecule is CC(C)(C)c1ccccc1-c1cc2ccccc2cc1N(c1ccc(C2CC3CCC2C3)cc1)c1ccc2c(c1)C(C)(C)c1ccccc1-2. The van der Waals surface area contributed by atoms with Crippen LogP contribution < -0.4 is 4.90 Å². The van der Waals surface area contributed by atoms with Gasteiger partial charge in [0.05, 0.1) is 5.69 Å².